The summed E-state index contributed by atoms with van der Waals surface area (Å²) in [5.41, 5.74) is 0. The van der Waals surface area contributed by atoms with Crippen LogP contribution in [-0.2, 0) is 13.0 Å². The maximum absolute atomic E-state index is 9.05. The zero-order valence-electron chi connectivity index (χ0n) is 10.4. The van der Waals surface area contributed by atoms with Crippen molar-refractivity contribution in [2.75, 3.05) is 6.61 Å². The van der Waals surface area contributed by atoms with Crippen molar-refractivity contribution in [3.8, 4) is 0 Å². The Kier molecular flexibility index (Phi) is 5.95. The molecule has 0 aliphatic heterocycles. The Hall–Kier alpha value is -0.450. The summed E-state index contributed by atoms with van der Waals surface area (Å²) in [6.07, 6.45) is 3.95. The van der Waals surface area contributed by atoms with Gasteiger partial charge in [0.1, 0.15) is 0 Å². The van der Waals surface area contributed by atoms with E-state index in [2.05, 4.69) is 31.1 Å². The van der Waals surface area contributed by atoms with E-state index in [-0.39, 0.29) is 12.6 Å². The normalized spacial score (nSPS) is 13.3. The van der Waals surface area contributed by atoms with Crippen molar-refractivity contribution in [2.24, 2.45) is 5.92 Å². The van der Waals surface area contributed by atoms with Gasteiger partial charge in [0.15, 0.2) is 0 Å². The lowest BCUT2D eigenvalue weighted by atomic mass is 10.1. The molecule has 1 aromatic heterocycles. The van der Waals surface area contributed by atoms with Gasteiger partial charge in [-0.05, 0) is 12.3 Å². The van der Waals surface area contributed by atoms with Gasteiger partial charge in [0, 0.05) is 30.1 Å². The van der Waals surface area contributed by atoms with Crippen molar-refractivity contribution in [3.63, 3.8) is 0 Å². The minimum atomic E-state index is 0.203. The molecule has 0 bridgehead atoms. The molecule has 1 rings (SSSR count). The lowest BCUT2D eigenvalue weighted by molar-refractivity contribution is 0.238. The molecule has 0 saturated carbocycles. The molecular formula is C12H22N2OS. The molecule has 1 atom stereocenters. The summed E-state index contributed by atoms with van der Waals surface area (Å²) < 4.78 is 0. The van der Waals surface area contributed by atoms with E-state index in [0.717, 1.165) is 19.4 Å². The number of nitrogens with zero attached hydrogens (tertiary/aromatic N) is 1. The molecular weight excluding hydrogens is 220 g/mol. The van der Waals surface area contributed by atoms with Crippen LogP contribution < -0.4 is 5.32 Å². The van der Waals surface area contributed by atoms with Crippen LogP contribution in [0.5, 0.6) is 0 Å². The molecule has 1 aromatic rings. The van der Waals surface area contributed by atoms with E-state index in [1.165, 1.54) is 9.88 Å². The van der Waals surface area contributed by atoms with E-state index in [9.17, 15) is 0 Å². The van der Waals surface area contributed by atoms with E-state index < -0.39 is 0 Å². The van der Waals surface area contributed by atoms with Gasteiger partial charge in [-0.25, -0.2) is 4.98 Å². The third kappa shape index (κ3) is 4.60. The predicted molar refractivity (Wildman–Crippen MR) is 68.7 cm³/mol. The van der Waals surface area contributed by atoms with E-state index >= 15 is 0 Å². The van der Waals surface area contributed by atoms with Gasteiger partial charge in [0.25, 0.3) is 0 Å². The maximum Gasteiger partial charge on any atom is 0.0930 e. The molecule has 1 heterocycles. The highest BCUT2D eigenvalue weighted by Gasteiger charge is 2.07. The van der Waals surface area contributed by atoms with Crippen LogP contribution in [0.4, 0.5) is 0 Å². The highest BCUT2D eigenvalue weighted by molar-refractivity contribution is 7.11. The number of aromatic nitrogens is 1. The molecule has 0 amide bonds. The summed E-state index contributed by atoms with van der Waals surface area (Å²) in [6.45, 7) is 7.50. The first-order valence-electron chi connectivity index (χ1n) is 5.93. The first kappa shape index (κ1) is 13.6. The smallest absolute Gasteiger partial charge is 0.0930 e. The average Bonchev–Trinajstić information content (AvgIpc) is 2.66. The summed E-state index contributed by atoms with van der Waals surface area (Å²) in [4.78, 5) is 5.65. The Balaban J connectivity index is 2.39. The SMILES string of the molecule is CCC(CO)NCc1cnc(CC(C)C)s1. The maximum atomic E-state index is 9.05. The van der Waals surface area contributed by atoms with Crippen LogP contribution in [-0.4, -0.2) is 22.7 Å². The van der Waals surface area contributed by atoms with Gasteiger partial charge < -0.3 is 10.4 Å². The fraction of sp³-hybridized carbons (Fsp3) is 0.750. The molecule has 3 nitrogen and oxygen atoms in total. The second-order valence-electron chi connectivity index (χ2n) is 4.49. The first-order valence-corrected chi connectivity index (χ1v) is 6.75. The van der Waals surface area contributed by atoms with E-state index in [1.54, 1.807) is 11.3 Å². The van der Waals surface area contributed by atoms with Crippen LogP contribution in [0.1, 0.15) is 37.1 Å². The number of nitrogens with one attached hydrogen (secondary N) is 1. The number of hydrogen-bond acceptors (Lipinski definition) is 4. The average molecular weight is 242 g/mol. The third-order valence-electron chi connectivity index (χ3n) is 2.46. The summed E-state index contributed by atoms with van der Waals surface area (Å²) >= 11 is 1.77. The minimum Gasteiger partial charge on any atom is -0.395 e. The van der Waals surface area contributed by atoms with E-state index in [4.69, 9.17) is 5.11 Å². The fourth-order valence-electron chi connectivity index (χ4n) is 1.46. The first-order chi connectivity index (χ1) is 7.65. The number of thiazole rings is 1. The van der Waals surface area contributed by atoms with Crippen molar-refractivity contribution in [1.29, 1.82) is 0 Å². The topological polar surface area (TPSA) is 45.1 Å². The van der Waals surface area contributed by atoms with Crippen LogP contribution in [0.25, 0.3) is 0 Å². The second-order valence-corrected chi connectivity index (χ2v) is 5.69. The molecule has 1 unspecified atom stereocenters. The number of aliphatic hydroxyl groups excluding tert-OH is 1. The van der Waals surface area contributed by atoms with Crippen LogP contribution in [0, 0.1) is 5.92 Å². The number of hydrogen-bond donors (Lipinski definition) is 2. The van der Waals surface area contributed by atoms with Crippen LogP contribution >= 0.6 is 11.3 Å². The fourth-order valence-corrected chi connectivity index (χ4v) is 2.54. The zero-order chi connectivity index (χ0) is 12.0. The molecule has 0 fully saturated rings. The Morgan fingerprint density at radius 1 is 1.50 bits per heavy atom. The number of aliphatic hydroxyl groups is 1. The Bertz CT molecular complexity index is 295. The van der Waals surface area contributed by atoms with Crippen molar-refractivity contribution in [2.45, 2.75) is 46.2 Å². The molecule has 16 heavy (non-hydrogen) atoms. The molecule has 4 heteroatoms. The molecule has 2 N–H and O–H groups in total. The zero-order valence-corrected chi connectivity index (χ0v) is 11.2. The largest absolute Gasteiger partial charge is 0.395 e. The Labute approximate surface area is 102 Å². The van der Waals surface area contributed by atoms with E-state index in [1.807, 2.05) is 6.20 Å². The minimum absolute atomic E-state index is 0.203. The van der Waals surface area contributed by atoms with Crippen LogP contribution in [0.2, 0.25) is 0 Å². The quantitative estimate of drug-likeness (QED) is 0.770. The van der Waals surface area contributed by atoms with Crippen LogP contribution in [0.3, 0.4) is 0 Å². The lowest BCUT2D eigenvalue weighted by Crippen LogP contribution is -2.30. The number of rotatable bonds is 7. The van der Waals surface area contributed by atoms with Gasteiger partial charge in [0.2, 0.25) is 0 Å². The van der Waals surface area contributed by atoms with Crippen molar-refractivity contribution < 1.29 is 5.11 Å². The van der Waals surface area contributed by atoms with E-state index in [0.29, 0.717) is 5.92 Å². The summed E-state index contributed by atoms with van der Waals surface area (Å²) in [5.74, 6) is 0.660. The van der Waals surface area contributed by atoms with Gasteiger partial charge in [-0.2, -0.15) is 0 Å². The van der Waals surface area contributed by atoms with Gasteiger partial charge >= 0.3 is 0 Å². The lowest BCUT2D eigenvalue weighted by Gasteiger charge is -2.12. The predicted octanol–water partition coefficient (Wildman–Crippen LogP) is 2.20. The molecule has 0 saturated heterocycles. The Morgan fingerprint density at radius 3 is 2.81 bits per heavy atom. The van der Waals surface area contributed by atoms with Gasteiger partial charge in [-0.1, -0.05) is 20.8 Å². The van der Waals surface area contributed by atoms with Crippen molar-refractivity contribution in [3.05, 3.63) is 16.1 Å². The molecule has 0 aliphatic carbocycles. The molecule has 0 aromatic carbocycles. The van der Waals surface area contributed by atoms with Gasteiger partial charge in [0.05, 0.1) is 11.6 Å². The van der Waals surface area contributed by atoms with Crippen molar-refractivity contribution >= 4 is 11.3 Å². The van der Waals surface area contributed by atoms with Crippen LogP contribution in [0.15, 0.2) is 6.20 Å². The third-order valence-corrected chi connectivity index (χ3v) is 3.48. The summed E-state index contributed by atoms with van der Waals surface area (Å²) in [7, 11) is 0. The molecule has 0 aliphatic rings. The monoisotopic (exact) mass is 242 g/mol. The highest BCUT2D eigenvalue weighted by atomic mass is 32.1. The summed E-state index contributed by atoms with van der Waals surface area (Å²) in [6, 6.07) is 0.204. The van der Waals surface area contributed by atoms with Gasteiger partial charge in [-0.3, -0.25) is 0 Å². The second kappa shape index (κ2) is 6.99. The molecule has 0 spiro atoms. The molecule has 0 radical (unpaired) electrons. The van der Waals surface area contributed by atoms with Gasteiger partial charge in [-0.15, -0.1) is 11.3 Å². The Morgan fingerprint density at radius 2 is 2.25 bits per heavy atom. The highest BCUT2D eigenvalue weighted by Crippen LogP contribution is 2.16. The molecule has 92 valence electrons. The van der Waals surface area contributed by atoms with Crippen molar-refractivity contribution in [1.82, 2.24) is 10.3 Å². The summed E-state index contributed by atoms with van der Waals surface area (Å²) in [5, 5.41) is 13.6. The standard InChI is InChI=1S/C12H22N2OS/c1-4-10(8-15)13-6-11-7-14-12(16-11)5-9(2)3/h7,9-10,13,15H,4-6,8H2,1-3H3.